The molecule has 2 rings (SSSR count). The molecule has 118 valence electrons. The summed E-state index contributed by atoms with van der Waals surface area (Å²) in [5.41, 5.74) is 0.874. The average molecular weight is 340 g/mol. The van der Waals surface area contributed by atoms with E-state index in [1.807, 2.05) is 6.92 Å². The van der Waals surface area contributed by atoms with Crippen LogP contribution in [0, 0.1) is 6.92 Å². The first-order valence-electron chi connectivity index (χ1n) is 6.42. The third kappa shape index (κ3) is 3.06. The fourth-order valence-electron chi connectivity index (χ4n) is 1.98. The van der Waals surface area contributed by atoms with Gasteiger partial charge < -0.3 is 4.74 Å². The molecule has 0 aromatic heterocycles. The molecule has 0 fully saturated rings. The number of sulfone groups is 2. The van der Waals surface area contributed by atoms with Crippen LogP contribution in [0.1, 0.15) is 5.56 Å². The smallest absolute Gasteiger partial charge is 0.269 e. The van der Waals surface area contributed by atoms with E-state index in [1.165, 1.54) is 36.4 Å². The Morgan fingerprint density at radius 3 is 1.68 bits per heavy atom. The first-order chi connectivity index (χ1) is 10.3. The van der Waals surface area contributed by atoms with Crippen molar-refractivity contribution in [1.82, 2.24) is 0 Å². The predicted molar refractivity (Wildman–Crippen MR) is 82.8 cm³/mol. The van der Waals surface area contributed by atoms with E-state index in [1.54, 1.807) is 18.2 Å². The van der Waals surface area contributed by atoms with E-state index >= 15 is 0 Å². The number of ether oxygens (including phenoxy) is 1. The van der Waals surface area contributed by atoms with Crippen LogP contribution in [0.15, 0.2) is 64.4 Å². The third-order valence-corrected chi connectivity index (χ3v) is 7.90. The van der Waals surface area contributed by atoms with Crippen molar-refractivity contribution in [2.45, 2.75) is 21.5 Å². The molecule has 0 spiro atoms. The van der Waals surface area contributed by atoms with Gasteiger partial charge in [0.1, 0.15) is 0 Å². The molecule has 22 heavy (non-hydrogen) atoms. The molecule has 0 bridgehead atoms. The largest absolute Gasteiger partial charge is 0.352 e. The lowest BCUT2D eigenvalue weighted by atomic mass is 10.2. The summed E-state index contributed by atoms with van der Waals surface area (Å²) in [4.78, 5) is -0.193. The molecule has 0 saturated heterocycles. The van der Waals surface area contributed by atoms with Crippen LogP contribution in [0.3, 0.4) is 0 Å². The van der Waals surface area contributed by atoms with Crippen LogP contribution in [0.25, 0.3) is 0 Å². The summed E-state index contributed by atoms with van der Waals surface area (Å²) in [6, 6.07) is 13.3. The molecule has 0 radical (unpaired) electrons. The minimum atomic E-state index is -4.18. The zero-order valence-electron chi connectivity index (χ0n) is 12.1. The van der Waals surface area contributed by atoms with Crippen molar-refractivity contribution in [3.8, 4) is 0 Å². The highest BCUT2D eigenvalue weighted by Crippen LogP contribution is 2.26. The minimum absolute atomic E-state index is 0.0931. The second-order valence-electron chi connectivity index (χ2n) is 4.74. The Balaban J connectivity index is 2.54. The van der Waals surface area contributed by atoms with Gasteiger partial charge in [0.15, 0.2) is 0 Å². The van der Waals surface area contributed by atoms with Crippen molar-refractivity contribution >= 4 is 19.7 Å². The standard InChI is InChI=1S/C15H16O5S2/c1-12-8-10-14(11-9-12)22(18,19)15(20-2)21(16,17)13-6-4-3-5-7-13/h3-11,15H,1-2H3. The first-order valence-corrected chi connectivity index (χ1v) is 9.51. The molecule has 0 amide bonds. The molecule has 2 aromatic carbocycles. The van der Waals surface area contributed by atoms with Gasteiger partial charge in [-0.05, 0) is 31.2 Å². The van der Waals surface area contributed by atoms with Crippen LogP contribution in [-0.4, -0.2) is 28.7 Å². The lowest BCUT2D eigenvalue weighted by Crippen LogP contribution is -2.32. The normalized spacial score (nSPS) is 13.7. The van der Waals surface area contributed by atoms with E-state index in [-0.39, 0.29) is 9.79 Å². The van der Waals surface area contributed by atoms with E-state index in [0.29, 0.717) is 0 Å². The third-order valence-electron chi connectivity index (χ3n) is 3.12. The van der Waals surface area contributed by atoms with E-state index < -0.39 is 24.4 Å². The van der Waals surface area contributed by atoms with Gasteiger partial charge in [-0.2, -0.15) is 0 Å². The van der Waals surface area contributed by atoms with Crippen LogP contribution in [0.4, 0.5) is 0 Å². The lowest BCUT2D eigenvalue weighted by Gasteiger charge is -2.17. The van der Waals surface area contributed by atoms with Gasteiger partial charge in [-0.1, -0.05) is 35.9 Å². The summed E-state index contributed by atoms with van der Waals surface area (Å²) in [6.45, 7) is 1.81. The zero-order chi connectivity index (χ0) is 16.4. The molecule has 0 heterocycles. The van der Waals surface area contributed by atoms with Crippen LogP contribution in [-0.2, 0) is 24.4 Å². The number of hydrogen-bond donors (Lipinski definition) is 0. The average Bonchev–Trinajstić information content (AvgIpc) is 2.48. The van der Waals surface area contributed by atoms with E-state index in [0.717, 1.165) is 12.7 Å². The fraction of sp³-hybridized carbons (Fsp3) is 0.200. The van der Waals surface area contributed by atoms with Gasteiger partial charge in [0, 0.05) is 7.11 Å². The molecule has 0 N–H and O–H groups in total. The summed E-state index contributed by atoms with van der Waals surface area (Å²) in [5, 5.41) is 0. The number of aryl methyl sites for hydroxylation is 1. The molecule has 0 aliphatic rings. The van der Waals surface area contributed by atoms with Crippen LogP contribution >= 0.6 is 0 Å². The molecular formula is C15H16O5S2. The maximum Gasteiger partial charge on any atom is 0.269 e. The molecule has 0 saturated carbocycles. The van der Waals surface area contributed by atoms with Gasteiger partial charge in [0.05, 0.1) is 9.79 Å². The van der Waals surface area contributed by atoms with E-state index in [4.69, 9.17) is 4.74 Å². The summed E-state index contributed by atoms with van der Waals surface area (Å²) in [5.74, 6) is 0. The number of rotatable bonds is 5. The highest BCUT2D eigenvalue weighted by Gasteiger charge is 2.40. The van der Waals surface area contributed by atoms with Crippen molar-refractivity contribution < 1.29 is 21.6 Å². The quantitative estimate of drug-likeness (QED) is 0.833. The highest BCUT2D eigenvalue weighted by atomic mass is 32.3. The van der Waals surface area contributed by atoms with Gasteiger partial charge in [0.2, 0.25) is 19.7 Å². The fourth-order valence-corrected chi connectivity index (χ4v) is 5.98. The van der Waals surface area contributed by atoms with Crippen molar-refractivity contribution in [3.05, 3.63) is 60.2 Å². The molecular weight excluding hydrogens is 324 g/mol. The first kappa shape index (κ1) is 16.7. The van der Waals surface area contributed by atoms with Crippen molar-refractivity contribution in [2.24, 2.45) is 0 Å². The van der Waals surface area contributed by atoms with Crippen LogP contribution < -0.4 is 0 Å². The van der Waals surface area contributed by atoms with Gasteiger partial charge in [0.25, 0.3) is 4.77 Å². The predicted octanol–water partition coefficient (Wildman–Crippen LogP) is 2.17. The molecule has 1 unspecified atom stereocenters. The lowest BCUT2D eigenvalue weighted by molar-refractivity contribution is 0.216. The summed E-state index contributed by atoms with van der Waals surface area (Å²) < 4.78 is 53.1. The molecule has 0 aliphatic carbocycles. The van der Waals surface area contributed by atoms with Crippen molar-refractivity contribution in [2.75, 3.05) is 7.11 Å². The topological polar surface area (TPSA) is 77.5 Å². The van der Waals surface area contributed by atoms with Crippen molar-refractivity contribution in [3.63, 3.8) is 0 Å². The zero-order valence-corrected chi connectivity index (χ0v) is 13.8. The van der Waals surface area contributed by atoms with Crippen molar-refractivity contribution in [1.29, 1.82) is 0 Å². The van der Waals surface area contributed by atoms with Gasteiger partial charge in [-0.15, -0.1) is 0 Å². The number of benzene rings is 2. The molecule has 2 aromatic rings. The highest BCUT2D eigenvalue weighted by molar-refractivity contribution is 8.08. The van der Waals surface area contributed by atoms with E-state index in [2.05, 4.69) is 0 Å². The van der Waals surface area contributed by atoms with Gasteiger partial charge >= 0.3 is 0 Å². The number of methoxy groups -OCH3 is 1. The van der Waals surface area contributed by atoms with E-state index in [9.17, 15) is 16.8 Å². The second kappa shape index (κ2) is 6.20. The Hall–Kier alpha value is -1.70. The SMILES string of the molecule is COC(S(=O)(=O)c1ccccc1)S(=O)(=O)c1ccc(C)cc1. The molecule has 5 nitrogen and oxygen atoms in total. The molecule has 7 heteroatoms. The summed E-state index contributed by atoms with van der Waals surface area (Å²) in [6.07, 6.45) is 0. The summed E-state index contributed by atoms with van der Waals surface area (Å²) >= 11 is 0. The van der Waals surface area contributed by atoms with Crippen LogP contribution in [0.2, 0.25) is 0 Å². The molecule has 1 atom stereocenters. The Labute approximate surface area is 130 Å². The Morgan fingerprint density at radius 1 is 0.773 bits per heavy atom. The Bertz CT molecular complexity index is 839. The maximum atomic E-state index is 12.6. The maximum absolute atomic E-state index is 12.6. The summed E-state index contributed by atoms with van der Waals surface area (Å²) in [7, 11) is -7.29. The number of hydrogen-bond acceptors (Lipinski definition) is 5. The monoisotopic (exact) mass is 340 g/mol. The van der Waals surface area contributed by atoms with Crippen LogP contribution in [0.5, 0.6) is 0 Å². The van der Waals surface area contributed by atoms with Gasteiger partial charge in [-0.25, -0.2) is 16.8 Å². The Morgan fingerprint density at radius 2 is 1.23 bits per heavy atom. The van der Waals surface area contributed by atoms with Gasteiger partial charge in [-0.3, -0.25) is 0 Å². The Kier molecular flexibility index (Phi) is 4.69. The molecule has 0 aliphatic heterocycles. The minimum Gasteiger partial charge on any atom is -0.352 e. The second-order valence-corrected chi connectivity index (χ2v) is 9.02.